The number of likely N-dealkylation sites (N-methyl/N-ethyl adjacent to an activating group) is 1. The van der Waals surface area contributed by atoms with Crippen molar-refractivity contribution in [2.24, 2.45) is 0 Å². The molecule has 29 heavy (non-hydrogen) atoms. The van der Waals surface area contributed by atoms with Crippen molar-refractivity contribution in [2.75, 3.05) is 14.2 Å². The number of methoxy groups -OCH3 is 1. The molecule has 1 aromatic heterocycles. The number of aromatic nitrogens is 2. The number of carbonyl (C=O) groups is 1. The smallest absolute Gasteiger partial charge is 0.263 e. The molecule has 1 atom stereocenters. The average Bonchev–Trinajstić information content (AvgIpc) is 3.20. The Hall–Kier alpha value is -3.35. The average molecular weight is 395 g/mol. The summed E-state index contributed by atoms with van der Waals surface area (Å²) in [5.41, 5.74) is 1.89. The fourth-order valence-electron chi connectivity index (χ4n) is 2.86. The Bertz CT molecular complexity index is 953. The van der Waals surface area contributed by atoms with Crippen LogP contribution in [0, 0.1) is 6.92 Å². The molecule has 3 rings (SSSR count). The van der Waals surface area contributed by atoms with Crippen LogP contribution in [0.3, 0.4) is 0 Å². The van der Waals surface area contributed by atoms with Crippen LogP contribution in [0.25, 0.3) is 11.4 Å². The van der Waals surface area contributed by atoms with Crippen LogP contribution in [-0.2, 0) is 11.3 Å². The third-order valence-electron chi connectivity index (χ3n) is 4.48. The number of benzene rings is 2. The molecular formula is C22H25N3O4. The first kappa shape index (κ1) is 20.4. The van der Waals surface area contributed by atoms with E-state index in [1.54, 1.807) is 14.2 Å². The predicted molar refractivity (Wildman–Crippen MR) is 109 cm³/mol. The van der Waals surface area contributed by atoms with Crippen LogP contribution in [0.2, 0.25) is 0 Å². The van der Waals surface area contributed by atoms with Crippen molar-refractivity contribution in [1.29, 1.82) is 0 Å². The van der Waals surface area contributed by atoms with Crippen molar-refractivity contribution in [2.45, 2.75) is 32.9 Å². The zero-order chi connectivity index (χ0) is 20.8. The Labute approximate surface area is 170 Å². The zero-order valence-corrected chi connectivity index (χ0v) is 17.1. The molecule has 0 spiro atoms. The summed E-state index contributed by atoms with van der Waals surface area (Å²) >= 11 is 0. The first-order valence-corrected chi connectivity index (χ1v) is 9.45. The third-order valence-corrected chi connectivity index (χ3v) is 4.48. The number of carbonyl (C=O) groups excluding carboxylic acids is 1. The molecule has 1 heterocycles. The summed E-state index contributed by atoms with van der Waals surface area (Å²) in [6, 6.07) is 15.0. The second-order valence-corrected chi connectivity index (χ2v) is 6.77. The molecule has 0 bridgehead atoms. The van der Waals surface area contributed by atoms with Gasteiger partial charge < -0.3 is 18.9 Å². The molecule has 0 aliphatic heterocycles. The minimum Gasteiger partial charge on any atom is -0.497 e. The second-order valence-electron chi connectivity index (χ2n) is 6.77. The van der Waals surface area contributed by atoms with Gasteiger partial charge >= 0.3 is 0 Å². The number of rotatable bonds is 8. The first-order chi connectivity index (χ1) is 14.0. The van der Waals surface area contributed by atoms with E-state index < -0.39 is 6.10 Å². The Morgan fingerprint density at radius 2 is 1.93 bits per heavy atom. The lowest BCUT2D eigenvalue weighted by Gasteiger charge is -2.22. The Kier molecular flexibility index (Phi) is 6.49. The number of amides is 1. The Morgan fingerprint density at radius 3 is 2.59 bits per heavy atom. The SMILES string of the molecule is CC[C@H](Oc1cccc(C)c1)C(=O)N(C)Cc1nc(-c2ccc(OC)cc2)no1. The molecule has 0 saturated carbocycles. The highest BCUT2D eigenvalue weighted by molar-refractivity contribution is 5.81. The summed E-state index contributed by atoms with van der Waals surface area (Å²) in [7, 11) is 3.31. The molecule has 0 aliphatic rings. The molecular weight excluding hydrogens is 370 g/mol. The van der Waals surface area contributed by atoms with E-state index >= 15 is 0 Å². The highest BCUT2D eigenvalue weighted by Gasteiger charge is 2.24. The van der Waals surface area contributed by atoms with Gasteiger partial charge in [0.25, 0.3) is 5.91 Å². The van der Waals surface area contributed by atoms with E-state index in [0.29, 0.717) is 23.9 Å². The largest absolute Gasteiger partial charge is 0.497 e. The van der Waals surface area contributed by atoms with Gasteiger partial charge in [-0.25, -0.2) is 0 Å². The van der Waals surface area contributed by atoms with Gasteiger partial charge in [-0.05, 0) is 55.3 Å². The van der Waals surface area contributed by atoms with Crippen molar-refractivity contribution >= 4 is 5.91 Å². The fourth-order valence-corrected chi connectivity index (χ4v) is 2.86. The monoisotopic (exact) mass is 395 g/mol. The van der Waals surface area contributed by atoms with Gasteiger partial charge in [0, 0.05) is 12.6 Å². The maximum atomic E-state index is 12.8. The van der Waals surface area contributed by atoms with E-state index in [2.05, 4.69) is 10.1 Å². The van der Waals surface area contributed by atoms with Crippen LogP contribution < -0.4 is 9.47 Å². The highest BCUT2D eigenvalue weighted by Crippen LogP contribution is 2.21. The molecule has 7 heteroatoms. The van der Waals surface area contributed by atoms with Crippen LogP contribution >= 0.6 is 0 Å². The number of hydrogen-bond acceptors (Lipinski definition) is 6. The van der Waals surface area contributed by atoms with Crippen molar-refractivity contribution in [3.05, 3.63) is 60.0 Å². The number of hydrogen-bond donors (Lipinski definition) is 0. The quantitative estimate of drug-likeness (QED) is 0.576. The van der Waals surface area contributed by atoms with Crippen molar-refractivity contribution in [3.8, 4) is 22.9 Å². The van der Waals surface area contributed by atoms with Crippen LogP contribution in [-0.4, -0.2) is 41.2 Å². The van der Waals surface area contributed by atoms with Gasteiger partial charge in [0.1, 0.15) is 11.5 Å². The number of aryl methyl sites for hydroxylation is 1. The maximum Gasteiger partial charge on any atom is 0.263 e. The summed E-state index contributed by atoms with van der Waals surface area (Å²) < 4.78 is 16.4. The minimum atomic E-state index is -0.578. The van der Waals surface area contributed by atoms with Crippen molar-refractivity contribution in [1.82, 2.24) is 15.0 Å². The Balaban J connectivity index is 1.64. The molecule has 3 aromatic rings. The second kappa shape index (κ2) is 9.23. The minimum absolute atomic E-state index is 0.141. The van der Waals surface area contributed by atoms with Crippen LogP contribution in [0.15, 0.2) is 53.1 Å². The van der Waals surface area contributed by atoms with Crippen LogP contribution in [0.1, 0.15) is 24.8 Å². The van der Waals surface area contributed by atoms with Gasteiger partial charge in [-0.1, -0.05) is 24.2 Å². The van der Waals surface area contributed by atoms with Gasteiger partial charge in [-0.2, -0.15) is 4.98 Å². The summed E-state index contributed by atoms with van der Waals surface area (Å²) in [5, 5.41) is 4.00. The molecule has 0 fully saturated rings. The van der Waals surface area contributed by atoms with Crippen LogP contribution in [0.4, 0.5) is 0 Å². The fraction of sp³-hybridized carbons (Fsp3) is 0.318. The predicted octanol–water partition coefficient (Wildman–Crippen LogP) is 3.87. The molecule has 0 radical (unpaired) electrons. The lowest BCUT2D eigenvalue weighted by Crippen LogP contribution is -2.39. The highest BCUT2D eigenvalue weighted by atomic mass is 16.5. The van der Waals surface area contributed by atoms with E-state index in [0.717, 1.165) is 16.9 Å². The van der Waals surface area contributed by atoms with E-state index in [9.17, 15) is 4.79 Å². The van der Waals surface area contributed by atoms with Gasteiger partial charge in [-0.3, -0.25) is 4.79 Å². The first-order valence-electron chi connectivity index (χ1n) is 9.45. The summed E-state index contributed by atoms with van der Waals surface area (Å²) in [5.74, 6) is 2.11. The molecule has 1 amide bonds. The van der Waals surface area contributed by atoms with Gasteiger partial charge in [0.15, 0.2) is 6.10 Å². The summed E-state index contributed by atoms with van der Waals surface area (Å²) in [4.78, 5) is 18.7. The van der Waals surface area contributed by atoms with Gasteiger partial charge in [0.05, 0.1) is 13.7 Å². The van der Waals surface area contributed by atoms with Gasteiger partial charge in [-0.15, -0.1) is 0 Å². The summed E-state index contributed by atoms with van der Waals surface area (Å²) in [6.07, 6.45) is -0.0244. The lowest BCUT2D eigenvalue weighted by atomic mass is 10.2. The van der Waals surface area contributed by atoms with Crippen LogP contribution in [0.5, 0.6) is 11.5 Å². The molecule has 0 N–H and O–H groups in total. The van der Waals surface area contributed by atoms with E-state index in [1.807, 2.05) is 62.4 Å². The summed E-state index contributed by atoms with van der Waals surface area (Å²) in [6.45, 7) is 4.11. The molecule has 0 saturated heterocycles. The van der Waals surface area contributed by atoms with E-state index in [1.165, 1.54) is 4.90 Å². The topological polar surface area (TPSA) is 77.7 Å². The molecule has 7 nitrogen and oxygen atoms in total. The standard InChI is InChI=1S/C22H25N3O4/c1-5-19(28-18-8-6-7-15(2)13-18)22(26)25(3)14-20-23-21(24-29-20)16-9-11-17(27-4)12-10-16/h6-13,19H,5,14H2,1-4H3/t19-/m0/s1. The van der Waals surface area contributed by atoms with Crippen molar-refractivity contribution < 1.29 is 18.8 Å². The van der Waals surface area contributed by atoms with Gasteiger partial charge in [0.2, 0.25) is 11.7 Å². The van der Waals surface area contributed by atoms with E-state index in [-0.39, 0.29) is 12.5 Å². The maximum absolute atomic E-state index is 12.8. The normalized spacial score (nSPS) is 11.7. The number of ether oxygens (including phenoxy) is 2. The molecule has 0 aliphatic carbocycles. The molecule has 152 valence electrons. The van der Waals surface area contributed by atoms with E-state index in [4.69, 9.17) is 14.0 Å². The lowest BCUT2D eigenvalue weighted by molar-refractivity contribution is -0.138. The Morgan fingerprint density at radius 1 is 1.17 bits per heavy atom. The third kappa shape index (κ3) is 5.13. The van der Waals surface area contributed by atoms with Crippen molar-refractivity contribution in [3.63, 3.8) is 0 Å². The zero-order valence-electron chi connectivity index (χ0n) is 17.1. The number of nitrogens with zero attached hydrogens (tertiary/aromatic N) is 3. The molecule has 0 unspecified atom stereocenters. The molecule has 2 aromatic carbocycles.